The molecule has 1 rings (SSSR count). The Morgan fingerprint density at radius 2 is 2.11 bits per heavy atom. The molecule has 0 radical (unpaired) electrons. The van der Waals surface area contributed by atoms with Crippen molar-refractivity contribution in [2.45, 2.75) is 32.9 Å². The van der Waals surface area contributed by atoms with Crippen molar-refractivity contribution in [1.82, 2.24) is 4.90 Å². The highest BCUT2D eigenvalue weighted by Crippen LogP contribution is 2.18. The molecule has 0 fully saturated rings. The minimum Gasteiger partial charge on any atom is -0.444 e. The van der Waals surface area contributed by atoms with E-state index in [1.54, 1.807) is 19.2 Å². The van der Waals surface area contributed by atoms with E-state index in [1.807, 2.05) is 26.8 Å². The molecule has 1 aromatic carbocycles. The first kappa shape index (κ1) is 15.5. The highest BCUT2D eigenvalue weighted by atomic mass is 79.9. The Bertz CT molecular complexity index is 515. The molecule has 1 aromatic rings. The smallest absolute Gasteiger partial charge is 0.410 e. The van der Waals surface area contributed by atoms with Gasteiger partial charge < -0.3 is 9.64 Å². The van der Waals surface area contributed by atoms with Crippen LogP contribution in [0.25, 0.3) is 0 Å². The molecule has 0 heterocycles. The fourth-order valence-electron chi connectivity index (χ4n) is 1.46. The summed E-state index contributed by atoms with van der Waals surface area (Å²) in [5, 5.41) is 9.05. The lowest BCUT2D eigenvalue weighted by molar-refractivity contribution is 0.0285. The molecule has 0 aliphatic carbocycles. The highest BCUT2D eigenvalue weighted by Gasteiger charge is 2.20. The molecule has 5 heteroatoms. The van der Waals surface area contributed by atoms with Crippen molar-refractivity contribution < 1.29 is 9.53 Å². The molecule has 0 bridgehead atoms. The third kappa shape index (κ3) is 4.92. The maximum absolute atomic E-state index is 11.9. The van der Waals surface area contributed by atoms with Gasteiger partial charge in [-0.25, -0.2) is 4.79 Å². The monoisotopic (exact) mass is 324 g/mol. The van der Waals surface area contributed by atoms with E-state index in [1.165, 1.54) is 4.90 Å². The van der Waals surface area contributed by atoms with E-state index in [0.29, 0.717) is 12.1 Å². The van der Waals surface area contributed by atoms with Gasteiger partial charge in [0.2, 0.25) is 0 Å². The van der Waals surface area contributed by atoms with Crippen molar-refractivity contribution in [3.63, 3.8) is 0 Å². The number of nitrogens with zero attached hydrogens (tertiary/aromatic N) is 2. The first-order valence-corrected chi connectivity index (χ1v) is 6.65. The van der Waals surface area contributed by atoms with Crippen LogP contribution in [0.1, 0.15) is 31.9 Å². The lowest BCUT2D eigenvalue weighted by atomic mass is 10.1. The molecule has 0 atom stereocenters. The summed E-state index contributed by atoms with van der Waals surface area (Å²) in [5.41, 5.74) is 0.810. The Labute approximate surface area is 122 Å². The summed E-state index contributed by atoms with van der Waals surface area (Å²) in [7, 11) is 1.65. The number of ether oxygens (including phenoxy) is 1. The molecule has 0 saturated carbocycles. The van der Waals surface area contributed by atoms with E-state index in [9.17, 15) is 4.79 Å². The maximum Gasteiger partial charge on any atom is 0.410 e. The van der Waals surface area contributed by atoms with E-state index in [4.69, 9.17) is 10.00 Å². The summed E-state index contributed by atoms with van der Waals surface area (Å²) >= 11 is 3.36. The third-order valence-electron chi connectivity index (χ3n) is 2.30. The summed E-state index contributed by atoms with van der Waals surface area (Å²) in [6, 6.07) is 7.47. The summed E-state index contributed by atoms with van der Waals surface area (Å²) in [6.07, 6.45) is -0.406. The topological polar surface area (TPSA) is 53.3 Å². The Morgan fingerprint density at radius 3 is 2.63 bits per heavy atom. The summed E-state index contributed by atoms with van der Waals surface area (Å²) in [4.78, 5) is 13.3. The van der Waals surface area contributed by atoms with Gasteiger partial charge in [0.1, 0.15) is 5.60 Å². The standard InChI is InChI=1S/C14H17BrN2O2/c1-14(2,3)19-13(18)17(4)9-11-7-12(15)6-5-10(11)8-16/h5-7H,9H2,1-4H3. The van der Waals surface area contributed by atoms with Gasteiger partial charge in [0.15, 0.2) is 0 Å². The van der Waals surface area contributed by atoms with Crippen LogP contribution in [0.3, 0.4) is 0 Å². The van der Waals surface area contributed by atoms with E-state index >= 15 is 0 Å². The third-order valence-corrected chi connectivity index (χ3v) is 2.79. The number of halogens is 1. The van der Waals surface area contributed by atoms with E-state index < -0.39 is 11.7 Å². The van der Waals surface area contributed by atoms with Gasteiger partial charge >= 0.3 is 6.09 Å². The Hall–Kier alpha value is -1.54. The van der Waals surface area contributed by atoms with Gasteiger partial charge in [-0.2, -0.15) is 5.26 Å². The second-order valence-electron chi connectivity index (χ2n) is 5.25. The SMILES string of the molecule is CN(Cc1cc(Br)ccc1C#N)C(=O)OC(C)(C)C. The summed E-state index contributed by atoms with van der Waals surface area (Å²) in [5.74, 6) is 0. The molecule has 0 spiro atoms. The lowest BCUT2D eigenvalue weighted by Gasteiger charge is -2.25. The predicted octanol–water partition coefficient (Wildman–Crippen LogP) is 3.69. The second kappa shape index (κ2) is 6.07. The molecule has 0 aliphatic rings. The van der Waals surface area contributed by atoms with Gasteiger partial charge in [-0.1, -0.05) is 15.9 Å². The number of carbonyl (C=O) groups is 1. The number of hydrogen-bond acceptors (Lipinski definition) is 3. The fourth-order valence-corrected chi connectivity index (χ4v) is 1.87. The zero-order valence-corrected chi connectivity index (χ0v) is 13.1. The van der Waals surface area contributed by atoms with Crippen molar-refractivity contribution in [3.05, 3.63) is 33.8 Å². The largest absolute Gasteiger partial charge is 0.444 e. The number of hydrogen-bond donors (Lipinski definition) is 0. The molecular formula is C14H17BrN2O2. The molecule has 19 heavy (non-hydrogen) atoms. The summed E-state index contributed by atoms with van der Waals surface area (Å²) < 4.78 is 6.14. The van der Waals surface area contributed by atoms with Gasteiger partial charge in [-0.15, -0.1) is 0 Å². The minimum absolute atomic E-state index is 0.331. The molecule has 1 amide bonds. The highest BCUT2D eigenvalue weighted by molar-refractivity contribution is 9.10. The molecule has 0 unspecified atom stereocenters. The predicted molar refractivity (Wildman–Crippen MR) is 76.6 cm³/mol. The molecule has 0 N–H and O–H groups in total. The quantitative estimate of drug-likeness (QED) is 0.833. The minimum atomic E-state index is -0.527. The Balaban J connectivity index is 2.83. The number of nitriles is 1. The van der Waals surface area contributed by atoms with Crippen molar-refractivity contribution in [2.75, 3.05) is 7.05 Å². The number of rotatable bonds is 2. The molecule has 0 aromatic heterocycles. The number of amides is 1. The fraction of sp³-hybridized carbons (Fsp3) is 0.429. The summed E-state index contributed by atoms with van der Waals surface area (Å²) in [6.45, 7) is 5.78. The average Bonchev–Trinajstić information content (AvgIpc) is 2.27. The van der Waals surface area contributed by atoms with Crippen LogP contribution < -0.4 is 0 Å². The first-order chi connectivity index (χ1) is 8.73. The number of benzene rings is 1. The zero-order chi connectivity index (χ0) is 14.6. The molecule has 4 nitrogen and oxygen atoms in total. The average molecular weight is 325 g/mol. The van der Waals surface area contributed by atoms with Gasteiger partial charge in [0.25, 0.3) is 0 Å². The van der Waals surface area contributed by atoms with E-state index in [0.717, 1.165) is 10.0 Å². The van der Waals surface area contributed by atoms with Crippen molar-refractivity contribution >= 4 is 22.0 Å². The normalized spacial score (nSPS) is 10.7. The van der Waals surface area contributed by atoms with Crippen LogP contribution in [0.4, 0.5) is 4.79 Å². The van der Waals surface area contributed by atoms with Crippen LogP contribution in [0.15, 0.2) is 22.7 Å². The van der Waals surface area contributed by atoms with Crippen molar-refractivity contribution in [2.24, 2.45) is 0 Å². The van der Waals surface area contributed by atoms with Crippen LogP contribution >= 0.6 is 15.9 Å². The second-order valence-corrected chi connectivity index (χ2v) is 6.17. The molecule has 0 saturated heterocycles. The number of carbonyl (C=O) groups excluding carboxylic acids is 1. The van der Waals surface area contributed by atoms with Crippen molar-refractivity contribution in [3.8, 4) is 6.07 Å². The maximum atomic E-state index is 11.9. The first-order valence-electron chi connectivity index (χ1n) is 5.85. The zero-order valence-electron chi connectivity index (χ0n) is 11.5. The molecule has 102 valence electrons. The van der Waals surface area contributed by atoms with Crippen molar-refractivity contribution in [1.29, 1.82) is 5.26 Å². The van der Waals surface area contributed by atoms with Crippen LogP contribution in [-0.4, -0.2) is 23.6 Å². The van der Waals surface area contributed by atoms with Crippen LogP contribution in [0.2, 0.25) is 0 Å². The van der Waals surface area contributed by atoms with Gasteiger partial charge in [0.05, 0.1) is 18.2 Å². The van der Waals surface area contributed by atoms with E-state index in [2.05, 4.69) is 22.0 Å². The van der Waals surface area contributed by atoms with Crippen LogP contribution in [-0.2, 0) is 11.3 Å². The van der Waals surface area contributed by atoms with Gasteiger partial charge in [-0.3, -0.25) is 0 Å². The van der Waals surface area contributed by atoms with Crippen LogP contribution in [0, 0.1) is 11.3 Å². The van der Waals surface area contributed by atoms with Crippen LogP contribution in [0.5, 0.6) is 0 Å². The Kier molecular flexibility index (Phi) is 4.96. The molecule has 0 aliphatic heterocycles. The molecular weight excluding hydrogens is 308 g/mol. The Morgan fingerprint density at radius 1 is 1.47 bits per heavy atom. The van der Waals surface area contributed by atoms with Gasteiger partial charge in [-0.05, 0) is 44.5 Å². The lowest BCUT2D eigenvalue weighted by Crippen LogP contribution is -2.34. The van der Waals surface area contributed by atoms with E-state index in [-0.39, 0.29) is 0 Å². The van der Waals surface area contributed by atoms with Gasteiger partial charge in [0, 0.05) is 11.5 Å².